The van der Waals surface area contributed by atoms with Crippen molar-refractivity contribution in [2.24, 2.45) is 0 Å². The largest absolute Gasteiger partial charge is 0.328 e. The van der Waals surface area contributed by atoms with E-state index in [1.54, 1.807) is 0 Å². The zero-order valence-corrected chi connectivity index (χ0v) is 8.92. The molecule has 0 aromatic heterocycles. The maximum Gasteiger partial charge on any atom is 0.188 e. The molecule has 0 aromatic carbocycles. The number of nitrogens with one attached hydrogen (secondary N) is 1. The third-order valence-corrected chi connectivity index (χ3v) is 11.2. The molecule has 1 N–H and O–H groups in total. The summed E-state index contributed by atoms with van der Waals surface area (Å²) in [6.45, 7) is 8.23. The van der Waals surface area contributed by atoms with Crippen LogP contribution in [0, 0.1) is 0 Å². The topological polar surface area (TPSA) is 12.0 Å². The molecule has 1 aliphatic rings. The molecule has 10 heavy (non-hydrogen) atoms. The summed E-state index contributed by atoms with van der Waals surface area (Å²) >= 11 is 2.24. The lowest BCUT2D eigenvalue weighted by atomic mass is 10.5. The zero-order valence-electron chi connectivity index (χ0n) is 7.11. The van der Waals surface area contributed by atoms with Crippen LogP contribution < -0.4 is 4.98 Å². The third-order valence-electron chi connectivity index (χ3n) is 2.28. The van der Waals surface area contributed by atoms with E-state index in [2.05, 4.69) is 37.0 Å². The first kappa shape index (κ1) is 8.62. The van der Waals surface area contributed by atoms with Crippen LogP contribution in [0.4, 0.5) is 0 Å². The summed E-state index contributed by atoms with van der Waals surface area (Å²) in [5, 5.41) is 0.867. The number of rotatable bonds is 2. The lowest BCUT2D eigenvalue weighted by Gasteiger charge is -2.21. The van der Waals surface area contributed by atoms with Crippen LogP contribution in [-0.2, 0) is 0 Å². The molecule has 1 rings (SSSR count). The van der Waals surface area contributed by atoms with Crippen LogP contribution in [0.1, 0.15) is 20.8 Å². The van der Waals surface area contributed by atoms with Crippen molar-refractivity contribution in [3.63, 3.8) is 0 Å². The Morgan fingerprint density at radius 2 is 2.10 bits per heavy atom. The molecule has 0 aliphatic carbocycles. The summed E-state index contributed by atoms with van der Waals surface area (Å²) in [5.41, 5.74) is 0. The van der Waals surface area contributed by atoms with Crippen molar-refractivity contribution in [1.82, 2.24) is 4.98 Å². The lowest BCUT2D eigenvalue weighted by Crippen LogP contribution is -2.41. The molecule has 1 saturated heterocycles. The van der Waals surface area contributed by atoms with E-state index in [1.807, 2.05) is 0 Å². The van der Waals surface area contributed by atoms with Crippen LogP contribution in [-0.4, -0.2) is 19.2 Å². The highest BCUT2D eigenvalue weighted by atomic mass is 32.4. The summed E-state index contributed by atoms with van der Waals surface area (Å²) in [5.74, 6) is 0. The van der Waals surface area contributed by atoms with Crippen molar-refractivity contribution in [3.8, 4) is 0 Å². The Hall–Kier alpha value is 0.527. The first-order valence-corrected chi connectivity index (χ1v) is 8.17. The minimum Gasteiger partial charge on any atom is -0.328 e. The molecule has 1 unspecified atom stereocenters. The smallest absolute Gasteiger partial charge is 0.188 e. The Morgan fingerprint density at radius 3 is 2.30 bits per heavy atom. The average Bonchev–Trinajstić information content (AvgIpc) is 2.33. The maximum atomic E-state index is 3.72. The van der Waals surface area contributed by atoms with E-state index in [0.29, 0.717) is 0 Å². The maximum absolute atomic E-state index is 3.72. The molecular formula is C7H17NSSi. The molecule has 1 atom stereocenters. The van der Waals surface area contributed by atoms with Crippen molar-refractivity contribution < 1.29 is 0 Å². The van der Waals surface area contributed by atoms with E-state index in [9.17, 15) is 0 Å². The van der Waals surface area contributed by atoms with Crippen LogP contribution in [0.15, 0.2) is 0 Å². The Labute approximate surface area is 68.7 Å². The molecule has 60 valence electrons. The Balaban J connectivity index is 2.51. The van der Waals surface area contributed by atoms with Crippen molar-refractivity contribution in [3.05, 3.63) is 0 Å². The van der Waals surface area contributed by atoms with Crippen molar-refractivity contribution in [2.75, 3.05) is 6.54 Å². The van der Waals surface area contributed by atoms with Crippen LogP contribution in [0.2, 0.25) is 12.1 Å². The van der Waals surface area contributed by atoms with Gasteiger partial charge in [-0.15, -0.1) is 0 Å². The molecular weight excluding hydrogens is 158 g/mol. The van der Waals surface area contributed by atoms with E-state index in [-0.39, 0.29) is 0 Å². The Kier molecular flexibility index (Phi) is 2.83. The second-order valence-corrected chi connectivity index (χ2v) is 10.9. The summed E-state index contributed by atoms with van der Waals surface area (Å²) < 4.78 is 0. The Bertz CT molecular complexity index is 114. The fourth-order valence-electron chi connectivity index (χ4n) is 1.46. The average molecular weight is 175 g/mol. The predicted octanol–water partition coefficient (Wildman–Crippen LogP) is 2.19. The monoisotopic (exact) mass is 175 g/mol. The fraction of sp³-hybridized carbons (Fsp3) is 1.00. The van der Waals surface area contributed by atoms with E-state index < -0.39 is 7.38 Å². The molecule has 0 aromatic rings. The number of hydrogen-bond donors (Lipinski definition) is 1. The highest BCUT2D eigenvalue weighted by Gasteiger charge is 2.37. The quantitative estimate of drug-likeness (QED) is 0.646. The molecule has 0 bridgehead atoms. The van der Waals surface area contributed by atoms with Gasteiger partial charge in [-0.25, -0.2) is 0 Å². The van der Waals surface area contributed by atoms with Crippen molar-refractivity contribution >= 4 is 18.6 Å². The van der Waals surface area contributed by atoms with E-state index in [4.69, 9.17) is 0 Å². The molecule has 3 heteroatoms. The Morgan fingerprint density at radius 1 is 1.50 bits per heavy atom. The number of hydrogen-bond acceptors (Lipinski definition) is 2. The molecule has 0 saturated carbocycles. The SMILES string of the molecule is CC[Si]1(CC)NCC(C)S1. The summed E-state index contributed by atoms with van der Waals surface area (Å²) in [6.07, 6.45) is 0. The minimum absolute atomic E-state index is 0.867. The molecule has 1 fully saturated rings. The fourth-order valence-corrected chi connectivity index (χ4v) is 8.71. The summed E-state index contributed by atoms with van der Waals surface area (Å²) in [4.78, 5) is 3.72. The van der Waals surface area contributed by atoms with Gasteiger partial charge in [0, 0.05) is 11.8 Å². The van der Waals surface area contributed by atoms with Gasteiger partial charge in [0.25, 0.3) is 0 Å². The normalized spacial score (nSPS) is 30.9. The van der Waals surface area contributed by atoms with Gasteiger partial charge in [-0.2, -0.15) is 11.2 Å². The van der Waals surface area contributed by atoms with Gasteiger partial charge < -0.3 is 4.98 Å². The zero-order chi connectivity index (χ0) is 7.61. The van der Waals surface area contributed by atoms with Gasteiger partial charge in [-0.1, -0.05) is 20.8 Å². The second kappa shape index (κ2) is 3.28. The van der Waals surface area contributed by atoms with E-state index in [1.165, 1.54) is 18.6 Å². The highest BCUT2D eigenvalue weighted by Crippen LogP contribution is 2.34. The standard InChI is InChI=1S/C7H17NSSi/c1-4-10(5-2)8-6-7(3)9-10/h7-8H,4-6H2,1-3H3. The first-order chi connectivity index (χ1) is 4.72. The first-order valence-electron chi connectivity index (χ1n) is 4.15. The lowest BCUT2D eigenvalue weighted by molar-refractivity contribution is 0.881. The van der Waals surface area contributed by atoms with Crippen molar-refractivity contribution in [1.29, 1.82) is 0 Å². The van der Waals surface area contributed by atoms with E-state index in [0.717, 1.165) is 5.25 Å². The molecule has 0 amide bonds. The van der Waals surface area contributed by atoms with Crippen LogP contribution >= 0.6 is 11.2 Å². The summed E-state index contributed by atoms with van der Waals surface area (Å²) in [7, 11) is -0.977. The summed E-state index contributed by atoms with van der Waals surface area (Å²) in [6, 6.07) is 2.77. The van der Waals surface area contributed by atoms with Crippen molar-refractivity contribution in [2.45, 2.75) is 38.1 Å². The molecule has 0 spiro atoms. The molecule has 1 nitrogen and oxygen atoms in total. The molecule has 1 heterocycles. The van der Waals surface area contributed by atoms with Crippen LogP contribution in [0.3, 0.4) is 0 Å². The van der Waals surface area contributed by atoms with Gasteiger partial charge in [-0.05, 0) is 12.1 Å². The minimum atomic E-state index is -0.977. The molecule has 1 aliphatic heterocycles. The van der Waals surface area contributed by atoms with Gasteiger partial charge in [0.15, 0.2) is 7.38 Å². The molecule has 0 radical (unpaired) electrons. The van der Waals surface area contributed by atoms with Gasteiger partial charge >= 0.3 is 0 Å². The highest BCUT2D eigenvalue weighted by molar-refractivity contribution is 8.29. The van der Waals surface area contributed by atoms with E-state index >= 15 is 0 Å². The predicted molar refractivity (Wildman–Crippen MR) is 51.8 cm³/mol. The van der Waals surface area contributed by atoms with Crippen LogP contribution in [0.25, 0.3) is 0 Å². The third kappa shape index (κ3) is 1.57. The van der Waals surface area contributed by atoms with Crippen LogP contribution in [0.5, 0.6) is 0 Å². The van der Waals surface area contributed by atoms with Gasteiger partial charge in [0.2, 0.25) is 0 Å². The van der Waals surface area contributed by atoms with Gasteiger partial charge in [0.1, 0.15) is 0 Å². The van der Waals surface area contributed by atoms with Gasteiger partial charge in [0.05, 0.1) is 0 Å². The van der Waals surface area contributed by atoms with Gasteiger partial charge in [-0.3, -0.25) is 0 Å². The second-order valence-electron chi connectivity index (χ2n) is 3.01.